The summed E-state index contributed by atoms with van der Waals surface area (Å²) in [4.78, 5) is 41.1. The van der Waals surface area contributed by atoms with Gasteiger partial charge in [0.1, 0.15) is 12.1 Å². The molecule has 3 amide bonds. The molecule has 1 aliphatic carbocycles. The maximum atomic E-state index is 13.7. The van der Waals surface area contributed by atoms with E-state index in [0.29, 0.717) is 31.4 Å². The summed E-state index contributed by atoms with van der Waals surface area (Å²) in [5, 5.41) is 5.98. The van der Waals surface area contributed by atoms with Crippen LogP contribution in [0.3, 0.4) is 0 Å². The van der Waals surface area contributed by atoms with Crippen LogP contribution in [0.2, 0.25) is 0 Å². The second kappa shape index (κ2) is 11.7. The molecule has 2 aromatic rings. The highest BCUT2D eigenvalue weighted by molar-refractivity contribution is 7.85. The Hall–Kier alpha value is -3.24. The fourth-order valence-corrected chi connectivity index (χ4v) is 5.67. The van der Waals surface area contributed by atoms with Crippen LogP contribution in [0, 0.1) is 5.92 Å². The molecule has 2 aliphatic rings. The number of nitrogens with zero attached hydrogens (tertiary/aromatic N) is 1. The van der Waals surface area contributed by atoms with Crippen molar-refractivity contribution in [3.8, 4) is 0 Å². The first kappa shape index (κ1) is 27.8. The second-order valence-electron chi connectivity index (χ2n) is 10.3. The van der Waals surface area contributed by atoms with Crippen molar-refractivity contribution in [2.24, 2.45) is 5.92 Å². The lowest BCUT2D eigenvalue weighted by atomic mass is 10.0. The van der Waals surface area contributed by atoms with Crippen LogP contribution in [0.1, 0.15) is 49.8 Å². The maximum Gasteiger partial charge on any atom is 0.294 e. The molecular formula is C28H35N3O6S. The summed E-state index contributed by atoms with van der Waals surface area (Å²) in [5.74, 6) is -1.08. The summed E-state index contributed by atoms with van der Waals surface area (Å²) in [6.07, 6.45) is 3.48. The number of fused-ring (bicyclic) bond motifs is 1. The van der Waals surface area contributed by atoms with Crippen molar-refractivity contribution < 1.29 is 27.4 Å². The molecule has 0 radical (unpaired) electrons. The Morgan fingerprint density at radius 2 is 1.68 bits per heavy atom. The topological polar surface area (TPSA) is 133 Å². The van der Waals surface area contributed by atoms with Gasteiger partial charge in [-0.3, -0.25) is 18.9 Å². The molecule has 10 heteroatoms. The van der Waals surface area contributed by atoms with Gasteiger partial charge in [-0.2, -0.15) is 8.42 Å². The van der Waals surface area contributed by atoms with Crippen molar-refractivity contribution in [3.63, 3.8) is 0 Å². The number of benzene rings is 2. The van der Waals surface area contributed by atoms with Crippen LogP contribution in [0.25, 0.3) is 0 Å². The summed E-state index contributed by atoms with van der Waals surface area (Å²) < 4.78 is 32.0. The van der Waals surface area contributed by atoms with E-state index in [4.69, 9.17) is 0 Å². The molecule has 3 atom stereocenters. The molecule has 1 heterocycles. The lowest BCUT2D eigenvalue weighted by Gasteiger charge is -2.30. The first-order valence-electron chi connectivity index (χ1n) is 13.1. The molecule has 9 nitrogen and oxygen atoms in total. The quantitative estimate of drug-likeness (QED) is 0.417. The number of hydrogen-bond acceptors (Lipinski definition) is 5. The molecule has 3 N–H and O–H groups in total. The molecule has 0 unspecified atom stereocenters. The summed E-state index contributed by atoms with van der Waals surface area (Å²) in [6, 6.07) is 12.1. The Balaban J connectivity index is 1.48. The number of rotatable bonds is 9. The van der Waals surface area contributed by atoms with Gasteiger partial charge in [-0.1, -0.05) is 50.2 Å². The summed E-state index contributed by atoms with van der Waals surface area (Å²) in [5.41, 5.74) is 3.07. The smallest absolute Gasteiger partial charge is 0.294 e. The van der Waals surface area contributed by atoms with Gasteiger partial charge in [0.15, 0.2) is 0 Å². The minimum absolute atomic E-state index is 0.0142. The zero-order chi connectivity index (χ0) is 27.4. The average Bonchev–Trinajstić information content (AvgIpc) is 3.54. The Morgan fingerprint density at radius 1 is 1.05 bits per heavy atom. The number of amides is 3. The van der Waals surface area contributed by atoms with Crippen LogP contribution in [0.5, 0.6) is 0 Å². The van der Waals surface area contributed by atoms with Crippen molar-refractivity contribution in [1.82, 2.24) is 15.5 Å². The molecule has 0 aromatic heterocycles. The van der Waals surface area contributed by atoms with E-state index in [1.54, 1.807) is 11.8 Å². The van der Waals surface area contributed by atoms with Gasteiger partial charge in [0.05, 0.1) is 4.90 Å². The molecule has 1 fully saturated rings. The molecule has 1 saturated heterocycles. The van der Waals surface area contributed by atoms with E-state index in [1.165, 1.54) is 35.4 Å². The molecule has 4 rings (SSSR count). The standard InChI is InChI=1S/C28H35N3O6S/c1-3-18(2)26(32)30-24(15-19-10-12-23(13-11-19)38(35,36)37)28(34)31-14-6-9-25(31)27(33)29-22-16-20-7-4-5-8-21(20)17-22/h4-5,7-8,10-13,18,22,24-25H,3,6,9,14-17H2,1-2H3,(H,29,33)(H,30,32)(H,35,36,37)/t18-,24+,25+/m1/s1. The number of hydrogen-bond donors (Lipinski definition) is 3. The van der Waals surface area contributed by atoms with Crippen LogP contribution in [0.4, 0.5) is 0 Å². The fraction of sp³-hybridized carbons (Fsp3) is 0.464. The van der Waals surface area contributed by atoms with Gasteiger partial charge < -0.3 is 15.5 Å². The van der Waals surface area contributed by atoms with E-state index in [0.717, 1.165) is 12.8 Å². The van der Waals surface area contributed by atoms with Crippen LogP contribution >= 0.6 is 0 Å². The highest BCUT2D eigenvalue weighted by Gasteiger charge is 2.39. The van der Waals surface area contributed by atoms with E-state index >= 15 is 0 Å². The van der Waals surface area contributed by atoms with Crippen molar-refractivity contribution in [2.75, 3.05) is 6.54 Å². The number of carbonyl (C=O) groups is 3. The van der Waals surface area contributed by atoms with E-state index < -0.39 is 22.2 Å². The van der Waals surface area contributed by atoms with Gasteiger partial charge in [-0.15, -0.1) is 0 Å². The highest BCUT2D eigenvalue weighted by atomic mass is 32.2. The van der Waals surface area contributed by atoms with Crippen molar-refractivity contribution in [3.05, 3.63) is 65.2 Å². The van der Waals surface area contributed by atoms with Gasteiger partial charge >= 0.3 is 0 Å². The van der Waals surface area contributed by atoms with Crippen molar-refractivity contribution in [2.45, 2.75) is 75.4 Å². The minimum Gasteiger partial charge on any atom is -0.351 e. The van der Waals surface area contributed by atoms with Crippen molar-refractivity contribution in [1.29, 1.82) is 0 Å². The largest absolute Gasteiger partial charge is 0.351 e. The zero-order valence-electron chi connectivity index (χ0n) is 21.7. The SMILES string of the molecule is CC[C@@H](C)C(=O)N[C@@H](Cc1ccc(S(=O)(=O)O)cc1)C(=O)N1CCC[C@H]1C(=O)NC1Cc2ccccc2C1. The average molecular weight is 542 g/mol. The lowest BCUT2D eigenvalue weighted by Crippen LogP contribution is -2.55. The van der Waals surface area contributed by atoms with Crippen LogP contribution in [-0.4, -0.2) is 60.3 Å². The third-order valence-corrected chi connectivity index (χ3v) is 8.44. The van der Waals surface area contributed by atoms with Gasteiger partial charge in [0.2, 0.25) is 17.7 Å². The van der Waals surface area contributed by atoms with Gasteiger partial charge in [-0.05, 0) is 60.9 Å². The predicted molar refractivity (Wildman–Crippen MR) is 142 cm³/mol. The first-order chi connectivity index (χ1) is 18.1. The Labute approximate surface area is 223 Å². The molecule has 2 aromatic carbocycles. The molecule has 0 saturated carbocycles. The lowest BCUT2D eigenvalue weighted by molar-refractivity contribution is -0.142. The molecule has 0 bridgehead atoms. The van der Waals surface area contributed by atoms with Gasteiger partial charge in [0, 0.05) is 24.9 Å². The van der Waals surface area contributed by atoms with E-state index in [-0.39, 0.29) is 41.0 Å². The van der Waals surface area contributed by atoms with Gasteiger partial charge in [0.25, 0.3) is 10.1 Å². The molecular weight excluding hydrogens is 506 g/mol. The first-order valence-corrected chi connectivity index (χ1v) is 14.5. The third-order valence-electron chi connectivity index (χ3n) is 7.57. The minimum atomic E-state index is -4.34. The zero-order valence-corrected chi connectivity index (χ0v) is 22.5. The van der Waals surface area contributed by atoms with E-state index in [9.17, 15) is 27.4 Å². The maximum absolute atomic E-state index is 13.7. The van der Waals surface area contributed by atoms with Crippen LogP contribution in [-0.2, 0) is 43.8 Å². The van der Waals surface area contributed by atoms with Crippen LogP contribution < -0.4 is 10.6 Å². The second-order valence-corrected chi connectivity index (χ2v) is 11.7. The Bertz CT molecular complexity index is 1270. The molecule has 38 heavy (non-hydrogen) atoms. The molecule has 0 spiro atoms. The van der Waals surface area contributed by atoms with Crippen LogP contribution in [0.15, 0.2) is 53.4 Å². The van der Waals surface area contributed by atoms with E-state index in [1.807, 2.05) is 19.1 Å². The third kappa shape index (κ3) is 6.42. The highest BCUT2D eigenvalue weighted by Crippen LogP contribution is 2.24. The number of likely N-dealkylation sites (tertiary alicyclic amines) is 1. The van der Waals surface area contributed by atoms with Gasteiger partial charge in [-0.25, -0.2) is 0 Å². The number of nitrogens with one attached hydrogen (secondary N) is 2. The number of carbonyl (C=O) groups excluding carboxylic acids is 3. The van der Waals surface area contributed by atoms with Crippen molar-refractivity contribution >= 4 is 27.8 Å². The normalized spacial score (nSPS) is 19.0. The summed E-state index contributed by atoms with van der Waals surface area (Å²) in [6.45, 7) is 4.08. The Kier molecular flexibility index (Phi) is 8.52. The summed E-state index contributed by atoms with van der Waals surface area (Å²) >= 11 is 0. The predicted octanol–water partition coefficient (Wildman–Crippen LogP) is 2.28. The fourth-order valence-electron chi connectivity index (χ4n) is 5.19. The summed E-state index contributed by atoms with van der Waals surface area (Å²) in [7, 11) is -4.34. The monoisotopic (exact) mass is 541 g/mol. The molecule has 204 valence electrons. The molecule has 1 aliphatic heterocycles. The Morgan fingerprint density at radius 3 is 2.26 bits per heavy atom. The van der Waals surface area contributed by atoms with E-state index in [2.05, 4.69) is 22.8 Å².